The Morgan fingerprint density at radius 1 is 1.08 bits per heavy atom. The van der Waals surface area contributed by atoms with Crippen molar-refractivity contribution in [2.45, 2.75) is 27.3 Å². The van der Waals surface area contributed by atoms with E-state index in [9.17, 15) is 0 Å². The average Bonchev–Trinajstić information content (AvgIpc) is 2.65. The van der Waals surface area contributed by atoms with Gasteiger partial charge in [-0.2, -0.15) is 0 Å². The summed E-state index contributed by atoms with van der Waals surface area (Å²) in [6.07, 6.45) is 1.79. The molecule has 0 spiro atoms. The first-order chi connectivity index (χ1) is 12.6. The summed E-state index contributed by atoms with van der Waals surface area (Å²) in [5, 5.41) is 6.57. The molecular formula is C20H28N4O2. The quantitative estimate of drug-likeness (QED) is 0.559. The molecule has 1 heterocycles. The molecule has 0 atom stereocenters. The lowest BCUT2D eigenvalue weighted by Crippen LogP contribution is -2.39. The van der Waals surface area contributed by atoms with E-state index in [1.807, 2.05) is 36.4 Å². The fraction of sp³-hybridized carbons (Fsp3) is 0.400. The van der Waals surface area contributed by atoms with Crippen LogP contribution in [-0.2, 0) is 6.54 Å². The zero-order valence-electron chi connectivity index (χ0n) is 16.0. The van der Waals surface area contributed by atoms with Crippen LogP contribution in [-0.4, -0.2) is 31.1 Å². The van der Waals surface area contributed by atoms with Gasteiger partial charge in [-0.25, -0.2) is 9.98 Å². The van der Waals surface area contributed by atoms with Crippen molar-refractivity contribution in [2.75, 3.05) is 20.2 Å². The molecule has 26 heavy (non-hydrogen) atoms. The Labute approximate surface area is 155 Å². The monoisotopic (exact) mass is 356 g/mol. The third kappa shape index (κ3) is 6.63. The van der Waals surface area contributed by atoms with Crippen LogP contribution in [0.2, 0.25) is 0 Å². The molecule has 0 saturated carbocycles. The summed E-state index contributed by atoms with van der Waals surface area (Å²) in [5.74, 6) is 3.44. The first kappa shape index (κ1) is 19.6. The van der Waals surface area contributed by atoms with Crippen LogP contribution >= 0.6 is 0 Å². The molecule has 2 aromatic rings. The van der Waals surface area contributed by atoms with Gasteiger partial charge in [-0.05, 0) is 42.7 Å². The summed E-state index contributed by atoms with van der Waals surface area (Å²) >= 11 is 0. The van der Waals surface area contributed by atoms with Crippen molar-refractivity contribution >= 4 is 5.96 Å². The van der Waals surface area contributed by atoms with E-state index >= 15 is 0 Å². The summed E-state index contributed by atoms with van der Waals surface area (Å²) in [5.41, 5.74) is 1.02. The van der Waals surface area contributed by atoms with Gasteiger partial charge in [0.2, 0.25) is 5.88 Å². The van der Waals surface area contributed by atoms with Crippen molar-refractivity contribution in [3.8, 4) is 17.4 Å². The Bertz CT molecular complexity index is 682. The van der Waals surface area contributed by atoms with Gasteiger partial charge in [0.1, 0.15) is 11.5 Å². The number of methoxy groups -OCH3 is 1. The van der Waals surface area contributed by atoms with E-state index in [0.717, 1.165) is 36.1 Å². The highest BCUT2D eigenvalue weighted by atomic mass is 16.5. The van der Waals surface area contributed by atoms with Crippen LogP contribution in [0.25, 0.3) is 0 Å². The molecule has 140 valence electrons. The van der Waals surface area contributed by atoms with Crippen LogP contribution in [0, 0.1) is 5.92 Å². The second-order valence-corrected chi connectivity index (χ2v) is 6.25. The number of nitrogens with one attached hydrogen (secondary N) is 2. The van der Waals surface area contributed by atoms with Gasteiger partial charge in [0.25, 0.3) is 0 Å². The Kier molecular flexibility index (Phi) is 7.74. The maximum atomic E-state index is 5.73. The smallest absolute Gasteiger partial charge is 0.219 e. The molecule has 2 rings (SSSR count). The molecule has 1 aromatic carbocycles. The topological polar surface area (TPSA) is 67.8 Å². The standard InChI is InChI=1S/C20H28N4O2/c1-5-21-20(23-12-15(2)3)24-14-16-6-11-19(22-13-16)26-18-9-7-17(25-4)8-10-18/h6-11,13,15H,5,12,14H2,1-4H3,(H2,21,23,24). The molecule has 0 radical (unpaired) electrons. The molecule has 6 nitrogen and oxygen atoms in total. The molecule has 0 amide bonds. The Balaban J connectivity index is 1.93. The number of rotatable bonds is 8. The third-order valence-electron chi connectivity index (χ3n) is 3.52. The lowest BCUT2D eigenvalue weighted by molar-refractivity contribution is 0.412. The first-order valence-corrected chi connectivity index (χ1v) is 8.89. The van der Waals surface area contributed by atoms with Crippen molar-refractivity contribution < 1.29 is 9.47 Å². The highest BCUT2D eigenvalue weighted by molar-refractivity contribution is 5.79. The first-order valence-electron chi connectivity index (χ1n) is 8.89. The van der Waals surface area contributed by atoms with Gasteiger partial charge in [-0.15, -0.1) is 0 Å². The van der Waals surface area contributed by atoms with Crippen LogP contribution in [0.15, 0.2) is 47.6 Å². The molecule has 6 heteroatoms. The Hall–Kier alpha value is -2.76. The molecule has 0 saturated heterocycles. The number of nitrogens with zero attached hydrogens (tertiary/aromatic N) is 2. The normalized spacial score (nSPS) is 11.3. The molecule has 1 aromatic heterocycles. The van der Waals surface area contributed by atoms with Crippen molar-refractivity contribution in [3.63, 3.8) is 0 Å². The summed E-state index contributed by atoms with van der Waals surface area (Å²) in [4.78, 5) is 8.94. The number of benzene rings is 1. The average molecular weight is 356 g/mol. The predicted octanol–water partition coefficient (Wildman–Crippen LogP) is 3.59. The molecule has 0 aliphatic rings. The molecule has 0 fully saturated rings. The van der Waals surface area contributed by atoms with Crippen molar-refractivity contribution in [2.24, 2.45) is 10.9 Å². The minimum atomic E-state index is 0.549. The van der Waals surface area contributed by atoms with E-state index in [1.54, 1.807) is 13.3 Å². The second-order valence-electron chi connectivity index (χ2n) is 6.25. The van der Waals surface area contributed by atoms with E-state index in [1.165, 1.54) is 0 Å². The summed E-state index contributed by atoms with van der Waals surface area (Å²) in [6, 6.07) is 11.2. The third-order valence-corrected chi connectivity index (χ3v) is 3.52. The van der Waals surface area contributed by atoms with Gasteiger partial charge in [0, 0.05) is 25.4 Å². The molecule has 2 N–H and O–H groups in total. The van der Waals surface area contributed by atoms with Crippen LogP contribution in [0.1, 0.15) is 26.3 Å². The minimum absolute atomic E-state index is 0.549. The van der Waals surface area contributed by atoms with Crippen LogP contribution in [0.5, 0.6) is 17.4 Å². The van der Waals surface area contributed by atoms with E-state index in [-0.39, 0.29) is 0 Å². The molecule has 0 bridgehead atoms. The van der Waals surface area contributed by atoms with E-state index in [4.69, 9.17) is 9.47 Å². The fourth-order valence-electron chi connectivity index (χ4n) is 2.14. The van der Waals surface area contributed by atoms with Crippen LogP contribution in [0.4, 0.5) is 0 Å². The number of pyridine rings is 1. The van der Waals surface area contributed by atoms with Crippen molar-refractivity contribution in [1.29, 1.82) is 0 Å². The van der Waals surface area contributed by atoms with Gasteiger partial charge < -0.3 is 20.1 Å². The molecule has 0 aliphatic carbocycles. The van der Waals surface area contributed by atoms with E-state index in [2.05, 4.69) is 41.4 Å². The van der Waals surface area contributed by atoms with Gasteiger partial charge >= 0.3 is 0 Å². The number of hydrogen-bond donors (Lipinski definition) is 2. The van der Waals surface area contributed by atoms with Gasteiger partial charge in [0.05, 0.1) is 13.7 Å². The SMILES string of the molecule is CCNC(=NCc1ccc(Oc2ccc(OC)cc2)nc1)NCC(C)C. The van der Waals surface area contributed by atoms with Crippen molar-refractivity contribution in [1.82, 2.24) is 15.6 Å². The number of hydrogen-bond acceptors (Lipinski definition) is 4. The largest absolute Gasteiger partial charge is 0.497 e. The highest BCUT2D eigenvalue weighted by Crippen LogP contribution is 2.22. The zero-order valence-corrected chi connectivity index (χ0v) is 16.0. The number of aromatic nitrogens is 1. The van der Waals surface area contributed by atoms with Gasteiger partial charge in [0.15, 0.2) is 5.96 Å². The lowest BCUT2D eigenvalue weighted by Gasteiger charge is -2.13. The molecule has 0 aliphatic heterocycles. The predicted molar refractivity (Wildman–Crippen MR) is 105 cm³/mol. The Morgan fingerprint density at radius 3 is 2.38 bits per heavy atom. The van der Waals surface area contributed by atoms with Gasteiger partial charge in [-0.3, -0.25) is 0 Å². The summed E-state index contributed by atoms with van der Waals surface area (Å²) in [6.45, 7) is 8.67. The lowest BCUT2D eigenvalue weighted by atomic mass is 10.2. The molecule has 0 unspecified atom stereocenters. The summed E-state index contributed by atoms with van der Waals surface area (Å²) < 4.78 is 10.9. The van der Waals surface area contributed by atoms with Crippen LogP contribution in [0.3, 0.4) is 0 Å². The zero-order chi connectivity index (χ0) is 18.8. The second kappa shape index (κ2) is 10.3. The van der Waals surface area contributed by atoms with E-state index in [0.29, 0.717) is 18.3 Å². The fourth-order valence-corrected chi connectivity index (χ4v) is 2.14. The van der Waals surface area contributed by atoms with E-state index < -0.39 is 0 Å². The number of guanidine groups is 1. The minimum Gasteiger partial charge on any atom is -0.497 e. The maximum Gasteiger partial charge on any atom is 0.219 e. The number of aliphatic imine (C=N–C) groups is 1. The van der Waals surface area contributed by atoms with Crippen LogP contribution < -0.4 is 20.1 Å². The van der Waals surface area contributed by atoms with Gasteiger partial charge in [-0.1, -0.05) is 19.9 Å². The molecular weight excluding hydrogens is 328 g/mol. The Morgan fingerprint density at radius 2 is 1.81 bits per heavy atom. The highest BCUT2D eigenvalue weighted by Gasteiger charge is 2.02. The van der Waals surface area contributed by atoms with Crippen molar-refractivity contribution in [3.05, 3.63) is 48.2 Å². The number of ether oxygens (including phenoxy) is 2. The summed E-state index contributed by atoms with van der Waals surface area (Å²) in [7, 11) is 1.64. The maximum absolute atomic E-state index is 5.73.